The van der Waals surface area contributed by atoms with Crippen LogP contribution < -0.4 is 5.73 Å². The fraction of sp³-hybridized carbons (Fsp3) is 0.273. The normalized spacial score (nSPS) is 16.4. The van der Waals surface area contributed by atoms with Crippen LogP contribution in [0.5, 0.6) is 0 Å². The van der Waals surface area contributed by atoms with Crippen LogP contribution in [0.2, 0.25) is 5.02 Å². The van der Waals surface area contributed by atoms with E-state index in [4.69, 9.17) is 17.3 Å². The molecule has 0 fully saturated rings. The van der Waals surface area contributed by atoms with Crippen LogP contribution in [0.15, 0.2) is 30.4 Å². The second-order valence-corrected chi connectivity index (χ2v) is 3.95. The highest BCUT2D eigenvalue weighted by Gasteiger charge is 2.09. The Bertz CT molecular complexity index is 352. The Hall–Kier alpha value is -0.990. The Morgan fingerprint density at radius 2 is 2.00 bits per heavy atom. The largest absolute Gasteiger partial charge is 0.398 e. The monoisotopic (exact) mass is 208 g/mol. The Morgan fingerprint density at radius 3 is 2.71 bits per heavy atom. The van der Waals surface area contributed by atoms with E-state index in [9.17, 15) is 0 Å². The molecule has 2 N–H and O–H groups in total. The molecule has 0 radical (unpaired) electrons. The Kier molecular flexibility index (Phi) is 2.75. The summed E-state index contributed by atoms with van der Waals surface area (Å²) in [5.41, 5.74) is 7.79. The molecular weight excluding hydrogens is 196 g/mol. The van der Waals surface area contributed by atoms with Gasteiger partial charge in [0.1, 0.15) is 0 Å². The minimum atomic E-state index is 0.751. The van der Waals surface area contributed by atoms with Gasteiger partial charge in [-0.1, -0.05) is 23.8 Å². The molecule has 74 valence electrons. The molecule has 0 aromatic heterocycles. The molecule has 0 aliphatic carbocycles. The maximum absolute atomic E-state index is 5.91. The van der Waals surface area contributed by atoms with Gasteiger partial charge in [0.05, 0.1) is 0 Å². The zero-order chi connectivity index (χ0) is 9.97. The van der Waals surface area contributed by atoms with Crippen molar-refractivity contribution >= 4 is 17.3 Å². The third-order valence-electron chi connectivity index (χ3n) is 2.39. The number of anilines is 1. The number of nitrogens with two attached hydrogens (primary N) is 1. The smallest absolute Gasteiger partial charge is 0.0410 e. The van der Waals surface area contributed by atoms with Crippen molar-refractivity contribution in [2.45, 2.75) is 6.54 Å². The summed E-state index contributed by atoms with van der Waals surface area (Å²) < 4.78 is 0. The molecule has 0 bridgehead atoms. The van der Waals surface area contributed by atoms with Gasteiger partial charge in [0.25, 0.3) is 0 Å². The van der Waals surface area contributed by atoms with E-state index in [1.54, 1.807) is 0 Å². The third kappa shape index (κ3) is 2.08. The van der Waals surface area contributed by atoms with Gasteiger partial charge < -0.3 is 5.73 Å². The quantitative estimate of drug-likeness (QED) is 0.597. The summed E-state index contributed by atoms with van der Waals surface area (Å²) in [5.74, 6) is 0. The Morgan fingerprint density at radius 1 is 1.29 bits per heavy atom. The molecule has 0 spiro atoms. The van der Waals surface area contributed by atoms with Gasteiger partial charge in [-0.15, -0.1) is 0 Å². The van der Waals surface area contributed by atoms with E-state index in [1.165, 1.54) is 0 Å². The fourth-order valence-electron chi connectivity index (χ4n) is 1.60. The predicted molar refractivity (Wildman–Crippen MR) is 60.3 cm³/mol. The lowest BCUT2D eigenvalue weighted by atomic mass is 10.1. The number of nitrogens with zero attached hydrogens (tertiary/aromatic N) is 1. The van der Waals surface area contributed by atoms with E-state index in [0.29, 0.717) is 0 Å². The summed E-state index contributed by atoms with van der Waals surface area (Å²) in [7, 11) is 0. The summed E-state index contributed by atoms with van der Waals surface area (Å²) in [5, 5.41) is 0.751. The number of rotatable bonds is 2. The van der Waals surface area contributed by atoms with Crippen LogP contribution in [0.25, 0.3) is 0 Å². The summed E-state index contributed by atoms with van der Waals surface area (Å²) >= 11 is 5.91. The summed E-state index contributed by atoms with van der Waals surface area (Å²) in [6, 6.07) is 5.62. The van der Waals surface area contributed by atoms with Gasteiger partial charge in [-0.2, -0.15) is 0 Å². The van der Waals surface area contributed by atoms with Gasteiger partial charge in [0.15, 0.2) is 0 Å². The molecule has 0 unspecified atom stereocenters. The van der Waals surface area contributed by atoms with Crippen molar-refractivity contribution in [3.8, 4) is 0 Å². The van der Waals surface area contributed by atoms with E-state index < -0.39 is 0 Å². The van der Waals surface area contributed by atoms with Crippen molar-refractivity contribution in [3.63, 3.8) is 0 Å². The maximum atomic E-state index is 5.91. The molecule has 1 aromatic carbocycles. The number of halogens is 1. The van der Waals surface area contributed by atoms with Gasteiger partial charge in [-0.25, -0.2) is 0 Å². The van der Waals surface area contributed by atoms with Gasteiger partial charge in [0, 0.05) is 30.3 Å². The van der Waals surface area contributed by atoms with Gasteiger partial charge in [-0.05, 0) is 23.8 Å². The molecule has 2 nitrogen and oxygen atoms in total. The lowest BCUT2D eigenvalue weighted by Crippen LogP contribution is -2.19. The van der Waals surface area contributed by atoms with Crippen molar-refractivity contribution in [3.05, 3.63) is 40.9 Å². The molecule has 0 saturated carbocycles. The zero-order valence-electron chi connectivity index (χ0n) is 7.91. The van der Waals surface area contributed by atoms with Crippen LogP contribution in [0.4, 0.5) is 5.69 Å². The van der Waals surface area contributed by atoms with Crippen LogP contribution in [-0.4, -0.2) is 18.0 Å². The molecule has 0 amide bonds. The average molecular weight is 209 g/mol. The van der Waals surface area contributed by atoms with Crippen LogP contribution in [-0.2, 0) is 6.54 Å². The third-order valence-corrected chi connectivity index (χ3v) is 2.63. The molecule has 1 heterocycles. The first-order chi connectivity index (χ1) is 6.75. The lowest BCUT2D eigenvalue weighted by Gasteiger charge is -2.16. The van der Waals surface area contributed by atoms with Crippen molar-refractivity contribution < 1.29 is 0 Å². The second kappa shape index (κ2) is 4.03. The predicted octanol–water partition coefficient (Wildman–Crippen LogP) is 2.29. The number of nitrogen functional groups attached to an aromatic ring is 1. The van der Waals surface area contributed by atoms with Crippen molar-refractivity contribution in [2.75, 3.05) is 18.8 Å². The lowest BCUT2D eigenvalue weighted by molar-refractivity contribution is 0.346. The SMILES string of the molecule is Nc1ccc(Cl)cc1CN1CC=CC1. The highest BCUT2D eigenvalue weighted by atomic mass is 35.5. The average Bonchev–Trinajstić information content (AvgIpc) is 2.64. The minimum absolute atomic E-state index is 0.751. The molecule has 1 aromatic rings. The van der Waals surface area contributed by atoms with Crippen LogP contribution >= 0.6 is 11.6 Å². The van der Waals surface area contributed by atoms with Gasteiger partial charge >= 0.3 is 0 Å². The summed E-state index contributed by atoms with van der Waals surface area (Å²) in [6.45, 7) is 2.89. The number of hydrogen-bond acceptors (Lipinski definition) is 2. The van der Waals surface area contributed by atoms with E-state index in [0.717, 1.165) is 35.9 Å². The van der Waals surface area contributed by atoms with Crippen LogP contribution in [0.1, 0.15) is 5.56 Å². The topological polar surface area (TPSA) is 29.3 Å². The van der Waals surface area contributed by atoms with Crippen LogP contribution in [0.3, 0.4) is 0 Å². The summed E-state index contributed by atoms with van der Waals surface area (Å²) in [4.78, 5) is 2.31. The van der Waals surface area contributed by atoms with Crippen LogP contribution in [0, 0.1) is 0 Å². The first-order valence-corrected chi connectivity index (χ1v) is 5.05. The second-order valence-electron chi connectivity index (χ2n) is 3.51. The molecule has 14 heavy (non-hydrogen) atoms. The first kappa shape index (κ1) is 9.56. The number of benzene rings is 1. The fourth-order valence-corrected chi connectivity index (χ4v) is 1.80. The van der Waals surface area contributed by atoms with Crippen molar-refractivity contribution in [2.24, 2.45) is 0 Å². The van der Waals surface area contributed by atoms with E-state index in [1.807, 2.05) is 18.2 Å². The molecule has 1 aliphatic heterocycles. The highest BCUT2D eigenvalue weighted by Crippen LogP contribution is 2.20. The zero-order valence-corrected chi connectivity index (χ0v) is 8.67. The molecule has 3 heteroatoms. The summed E-state index contributed by atoms with van der Waals surface area (Å²) in [6.07, 6.45) is 4.33. The Labute approximate surface area is 89.0 Å². The van der Waals surface area contributed by atoms with Crippen molar-refractivity contribution in [1.82, 2.24) is 4.90 Å². The number of hydrogen-bond donors (Lipinski definition) is 1. The van der Waals surface area contributed by atoms with E-state index in [2.05, 4.69) is 17.1 Å². The first-order valence-electron chi connectivity index (χ1n) is 4.67. The van der Waals surface area contributed by atoms with Gasteiger partial charge in [-0.3, -0.25) is 4.90 Å². The maximum Gasteiger partial charge on any atom is 0.0410 e. The molecular formula is C11H13ClN2. The highest BCUT2D eigenvalue weighted by molar-refractivity contribution is 6.30. The molecule has 0 atom stereocenters. The molecule has 1 aliphatic rings. The molecule has 0 saturated heterocycles. The van der Waals surface area contributed by atoms with Gasteiger partial charge in [0.2, 0.25) is 0 Å². The Balaban J connectivity index is 2.11. The van der Waals surface area contributed by atoms with Crippen molar-refractivity contribution in [1.29, 1.82) is 0 Å². The minimum Gasteiger partial charge on any atom is -0.398 e. The standard InChI is InChI=1S/C11H13ClN2/c12-10-3-4-11(13)9(7-10)8-14-5-1-2-6-14/h1-4,7H,5-6,8,13H2. The molecule has 2 rings (SSSR count). The van der Waals surface area contributed by atoms with E-state index in [-0.39, 0.29) is 0 Å². The van der Waals surface area contributed by atoms with E-state index >= 15 is 0 Å².